The Hall–Kier alpha value is -1.70. The van der Waals surface area contributed by atoms with Crippen LogP contribution < -0.4 is 0 Å². The van der Waals surface area contributed by atoms with E-state index in [1.165, 1.54) is 6.08 Å². The Bertz CT molecular complexity index is 684. The van der Waals surface area contributed by atoms with E-state index in [4.69, 9.17) is 14.2 Å². The molecular formula is C20H28O7. The van der Waals surface area contributed by atoms with Crippen LogP contribution in [0.25, 0.3) is 0 Å². The summed E-state index contributed by atoms with van der Waals surface area (Å²) in [5.74, 6) is -3.40. The first kappa shape index (κ1) is 20.0. The lowest BCUT2D eigenvalue weighted by Gasteiger charge is -2.33. The number of hydrogen-bond acceptors (Lipinski definition) is 7. The van der Waals surface area contributed by atoms with E-state index in [1.807, 2.05) is 13.8 Å². The van der Waals surface area contributed by atoms with Crippen molar-refractivity contribution in [3.05, 3.63) is 23.8 Å². The molecule has 27 heavy (non-hydrogen) atoms. The smallest absolute Gasteiger partial charge is 0.334 e. The van der Waals surface area contributed by atoms with Gasteiger partial charge in [-0.3, -0.25) is 4.79 Å². The number of rotatable bonds is 4. The molecule has 0 aromatic rings. The highest BCUT2D eigenvalue weighted by Crippen LogP contribution is 2.47. The molecule has 0 unspecified atom stereocenters. The summed E-state index contributed by atoms with van der Waals surface area (Å²) in [4.78, 5) is 24.6. The Morgan fingerprint density at radius 1 is 1.48 bits per heavy atom. The Labute approximate surface area is 159 Å². The van der Waals surface area contributed by atoms with Crippen molar-refractivity contribution in [2.45, 2.75) is 70.1 Å². The average Bonchev–Trinajstić information content (AvgIpc) is 3.08. The van der Waals surface area contributed by atoms with Gasteiger partial charge in [0.1, 0.15) is 12.2 Å². The van der Waals surface area contributed by atoms with Gasteiger partial charge in [0.15, 0.2) is 5.79 Å². The first-order valence-electron chi connectivity index (χ1n) is 9.47. The Kier molecular flexibility index (Phi) is 5.22. The molecule has 0 saturated carbocycles. The lowest BCUT2D eigenvalue weighted by atomic mass is 9.81. The van der Waals surface area contributed by atoms with Crippen molar-refractivity contribution >= 4 is 11.9 Å². The minimum atomic E-state index is -1.63. The minimum Gasteiger partial charge on any atom is -0.461 e. The first-order valence-corrected chi connectivity index (χ1v) is 9.47. The second-order valence-corrected chi connectivity index (χ2v) is 8.10. The molecule has 0 radical (unpaired) electrons. The highest BCUT2D eigenvalue weighted by Gasteiger charge is 2.54. The number of carbonyl (C=O) groups is 2. The van der Waals surface area contributed by atoms with Gasteiger partial charge < -0.3 is 24.4 Å². The number of esters is 2. The van der Waals surface area contributed by atoms with E-state index < -0.39 is 42.1 Å². The maximum atomic E-state index is 12.5. The average molecular weight is 380 g/mol. The molecule has 0 aromatic carbocycles. The molecule has 0 aliphatic carbocycles. The van der Waals surface area contributed by atoms with E-state index in [1.54, 1.807) is 6.92 Å². The zero-order valence-electron chi connectivity index (χ0n) is 16.1. The predicted molar refractivity (Wildman–Crippen MR) is 95.3 cm³/mol. The third kappa shape index (κ3) is 3.56. The van der Waals surface area contributed by atoms with Crippen molar-refractivity contribution in [1.82, 2.24) is 0 Å². The number of aliphatic hydroxyl groups is 2. The second-order valence-electron chi connectivity index (χ2n) is 8.10. The van der Waals surface area contributed by atoms with Gasteiger partial charge in [-0.15, -0.1) is 0 Å². The third-order valence-corrected chi connectivity index (χ3v) is 6.02. The highest BCUT2D eigenvalue weighted by molar-refractivity contribution is 5.91. The molecule has 3 aliphatic rings. The maximum Gasteiger partial charge on any atom is 0.334 e. The number of carbonyl (C=O) groups excluding carboxylic acids is 2. The molecule has 7 nitrogen and oxygen atoms in total. The van der Waals surface area contributed by atoms with E-state index in [9.17, 15) is 19.8 Å². The molecule has 3 rings (SSSR count). The molecule has 0 spiro atoms. The summed E-state index contributed by atoms with van der Waals surface area (Å²) in [7, 11) is 0. The van der Waals surface area contributed by atoms with Gasteiger partial charge in [-0.25, -0.2) is 4.79 Å². The lowest BCUT2D eigenvalue weighted by Crippen LogP contribution is -2.41. The Balaban J connectivity index is 2.03. The molecule has 0 aromatic heterocycles. The topological polar surface area (TPSA) is 102 Å². The van der Waals surface area contributed by atoms with Crippen LogP contribution in [0.4, 0.5) is 0 Å². The summed E-state index contributed by atoms with van der Waals surface area (Å²) in [5.41, 5.74) is -0.300. The number of aliphatic hydroxyl groups excluding tert-OH is 1. The van der Waals surface area contributed by atoms with Gasteiger partial charge in [0.25, 0.3) is 0 Å². The van der Waals surface area contributed by atoms with Gasteiger partial charge in [0, 0.05) is 24.0 Å². The predicted octanol–water partition coefficient (Wildman–Crippen LogP) is 1.62. The van der Waals surface area contributed by atoms with Gasteiger partial charge >= 0.3 is 11.9 Å². The molecular weight excluding hydrogens is 352 g/mol. The van der Waals surface area contributed by atoms with Crippen molar-refractivity contribution in [1.29, 1.82) is 0 Å². The number of ether oxygens (including phenoxy) is 3. The van der Waals surface area contributed by atoms with Crippen LogP contribution in [-0.2, 0) is 23.8 Å². The van der Waals surface area contributed by atoms with Crippen LogP contribution in [0, 0.1) is 11.8 Å². The fraction of sp³-hybridized carbons (Fsp3) is 0.700. The van der Waals surface area contributed by atoms with Crippen molar-refractivity contribution in [2.24, 2.45) is 11.8 Å². The normalized spacial score (nSPS) is 41.5. The zero-order valence-corrected chi connectivity index (χ0v) is 16.1. The van der Waals surface area contributed by atoms with E-state index in [0.29, 0.717) is 25.7 Å². The Morgan fingerprint density at radius 3 is 2.81 bits per heavy atom. The maximum absolute atomic E-state index is 12.5. The van der Waals surface area contributed by atoms with Gasteiger partial charge in [-0.2, -0.15) is 0 Å². The van der Waals surface area contributed by atoms with E-state index in [-0.39, 0.29) is 23.0 Å². The summed E-state index contributed by atoms with van der Waals surface area (Å²) in [6.45, 7) is 8.93. The van der Waals surface area contributed by atoms with Crippen LogP contribution in [0.3, 0.4) is 0 Å². The van der Waals surface area contributed by atoms with Gasteiger partial charge in [0.05, 0.1) is 24.0 Å². The molecule has 3 heterocycles. The van der Waals surface area contributed by atoms with Crippen LogP contribution >= 0.6 is 0 Å². The fourth-order valence-electron chi connectivity index (χ4n) is 4.10. The zero-order chi connectivity index (χ0) is 20.0. The summed E-state index contributed by atoms with van der Waals surface area (Å²) >= 11 is 0. The highest BCUT2D eigenvalue weighted by atomic mass is 16.6. The first-order chi connectivity index (χ1) is 12.6. The standard InChI is InChI=1S/C20H28O7/c1-5-11(2)17(22)26-15-9-19(4)6-7-20(24,27-19)13(10-21)8-14-16(15)12(3)18(23)25-14/h8,11,14-16,21,24H,3,5-7,9-10H2,1-2,4H3/b13-8-/t11-,14+,15-,16+,19-,20-/m1/s1. The van der Waals surface area contributed by atoms with Crippen molar-refractivity contribution in [3.8, 4) is 0 Å². The number of hydrogen-bond donors (Lipinski definition) is 2. The SMILES string of the molecule is C=C1C(=O)O[C@H]2/C=C(/CO)[C@@]3(O)CC[C@](C)(C[C@@H](OC(=O)[C@H](C)CC)[C@@H]12)O3. The molecule has 2 bridgehead atoms. The summed E-state index contributed by atoms with van der Waals surface area (Å²) in [6.07, 6.45) is 1.81. The molecule has 7 heteroatoms. The fourth-order valence-corrected chi connectivity index (χ4v) is 4.10. The molecule has 150 valence electrons. The molecule has 2 saturated heterocycles. The van der Waals surface area contributed by atoms with E-state index in [2.05, 4.69) is 6.58 Å². The Morgan fingerprint density at radius 2 is 2.19 bits per heavy atom. The summed E-state index contributed by atoms with van der Waals surface area (Å²) in [6, 6.07) is 0. The van der Waals surface area contributed by atoms with Crippen LogP contribution in [0.15, 0.2) is 23.8 Å². The second kappa shape index (κ2) is 7.04. The lowest BCUT2D eigenvalue weighted by molar-refractivity contribution is -0.206. The summed E-state index contributed by atoms with van der Waals surface area (Å²) < 4.78 is 17.2. The van der Waals surface area contributed by atoms with Crippen LogP contribution in [0.5, 0.6) is 0 Å². The van der Waals surface area contributed by atoms with E-state index >= 15 is 0 Å². The van der Waals surface area contributed by atoms with Crippen LogP contribution in [0.1, 0.15) is 46.5 Å². The quantitative estimate of drug-likeness (QED) is 0.434. The van der Waals surface area contributed by atoms with Crippen molar-refractivity contribution in [3.63, 3.8) is 0 Å². The largest absolute Gasteiger partial charge is 0.461 e. The minimum absolute atomic E-state index is 0.226. The van der Waals surface area contributed by atoms with Gasteiger partial charge in [-0.05, 0) is 25.8 Å². The monoisotopic (exact) mass is 380 g/mol. The number of fused-ring (bicyclic) bond motifs is 3. The van der Waals surface area contributed by atoms with Gasteiger partial charge in [0.2, 0.25) is 0 Å². The third-order valence-electron chi connectivity index (χ3n) is 6.02. The summed E-state index contributed by atoms with van der Waals surface area (Å²) in [5, 5.41) is 20.7. The molecule has 2 fully saturated rings. The van der Waals surface area contributed by atoms with Crippen LogP contribution in [-0.4, -0.2) is 52.4 Å². The van der Waals surface area contributed by atoms with Crippen LogP contribution in [0.2, 0.25) is 0 Å². The molecule has 3 aliphatic heterocycles. The van der Waals surface area contributed by atoms with Crippen molar-refractivity contribution in [2.75, 3.05) is 6.61 Å². The molecule has 0 amide bonds. The van der Waals surface area contributed by atoms with E-state index in [0.717, 1.165) is 0 Å². The molecule has 6 atom stereocenters. The molecule has 2 N–H and O–H groups in total. The van der Waals surface area contributed by atoms with Gasteiger partial charge in [-0.1, -0.05) is 20.4 Å². The van der Waals surface area contributed by atoms with Crippen molar-refractivity contribution < 1.29 is 34.0 Å².